The molecule has 18 heteroatoms. The van der Waals surface area contributed by atoms with Gasteiger partial charge in [0.05, 0.1) is 42.4 Å². The summed E-state index contributed by atoms with van der Waals surface area (Å²) < 4.78 is 107. The average molecular weight is 717 g/mol. The Morgan fingerprint density at radius 3 is 1.58 bits per heavy atom. The van der Waals surface area contributed by atoms with Crippen LogP contribution in [0.25, 0.3) is 0 Å². The Labute approximate surface area is 274 Å². The highest BCUT2D eigenvalue weighted by atomic mass is 32.2. The van der Waals surface area contributed by atoms with Crippen LogP contribution in [0, 0.1) is 23.3 Å². The standard InChI is InChI=1S/C18H18F2N2O4S.C12H14F2N2O4S/c19-15-10-14(22(18(23)24)12-13-4-2-1-3-5-13)11-16(20)17(15)21-6-8-27(25,26)9-7-21;1-20-12(17)15-8-6-9(13)11(10(14)7-8)16-2-4-21(18,19)5-3-16/h1-5,10-11H,6-9,12H2,(H,23,24);6-7H,2-5H2,1H3,(H,15,17). The van der Waals surface area contributed by atoms with Crippen LogP contribution in [0.3, 0.4) is 0 Å². The van der Waals surface area contributed by atoms with Crippen molar-refractivity contribution in [1.82, 2.24) is 0 Å². The van der Waals surface area contributed by atoms with Gasteiger partial charge in [0.15, 0.2) is 42.9 Å². The summed E-state index contributed by atoms with van der Waals surface area (Å²) in [4.78, 5) is 26.1. The minimum Gasteiger partial charge on any atom is -0.465 e. The van der Waals surface area contributed by atoms with Crippen molar-refractivity contribution in [1.29, 1.82) is 0 Å². The number of hydrogen-bond donors (Lipinski definition) is 2. The number of amides is 2. The molecule has 2 aliphatic rings. The first-order valence-electron chi connectivity index (χ1n) is 14.4. The van der Waals surface area contributed by atoms with Crippen molar-refractivity contribution in [2.24, 2.45) is 0 Å². The number of sulfone groups is 2. The quantitative estimate of drug-likeness (QED) is 0.354. The molecule has 0 aromatic heterocycles. The number of ether oxygens (including phenoxy) is 1. The van der Waals surface area contributed by atoms with E-state index in [1.54, 1.807) is 30.3 Å². The first kappa shape index (κ1) is 36.3. The molecule has 3 aromatic rings. The highest BCUT2D eigenvalue weighted by molar-refractivity contribution is 7.91. The van der Waals surface area contributed by atoms with E-state index in [9.17, 15) is 49.1 Å². The van der Waals surface area contributed by atoms with E-state index in [0.717, 1.165) is 36.3 Å². The van der Waals surface area contributed by atoms with Gasteiger partial charge in [-0.1, -0.05) is 30.3 Å². The van der Waals surface area contributed by atoms with Crippen LogP contribution in [0.4, 0.5) is 49.9 Å². The molecule has 0 saturated carbocycles. The summed E-state index contributed by atoms with van der Waals surface area (Å²) in [6.07, 6.45) is -2.18. The summed E-state index contributed by atoms with van der Waals surface area (Å²) in [7, 11) is -5.20. The predicted octanol–water partition coefficient (Wildman–Crippen LogP) is 4.26. The molecule has 0 atom stereocenters. The maximum Gasteiger partial charge on any atom is 0.412 e. The lowest BCUT2D eigenvalue weighted by Crippen LogP contribution is -2.41. The lowest BCUT2D eigenvalue weighted by atomic mass is 10.1. The van der Waals surface area contributed by atoms with Crippen molar-refractivity contribution in [3.05, 3.63) is 83.4 Å². The maximum absolute atomic E-state index is 14.6. The van der Waals surface area contributed by atoms with Crippen LogP contribution in [0.5, 0.6) is 0 Å². The smallest absolute Gasteiger partial charge is 0.412 e. The van der Waals surface area contributed by atoms with Crippen molar-refractivity contribution >= 4 is 54.6 Å². The first-order valence-corrected chi connectivity index (χ1v) is 18.0. The summed E-state index contributed by atoms with van der Waals surface area (Å²) in [5, 5.41) is 11.6. The minimum absolute atomic E-state index is 0.0117. The fraction of sp³-hybridized carbons (Fsp3) is 0.333. The van der Waals surface area contributed by atoms with Gasteiger partial charge in [0.1, 0.15) is 11.4 Å². The minimum atomic E-state index is -3.19. The van der Waals surface area contributed by atoms with Crippen LogP contribution in [-0.2, 0) is 31.0 Å². The SMILES string of the molecule is COC(=O)Nc1cc(F)c(N2CCS(=O)(=O)CC2)c(F)c1.O=C(O)N(Cc1ccccc1)c1cc(F)c(N2CCS(=O)(=O)CC2)c(F)c1. The van der Waals surface area contributed by atoms with Gasteiger partial charge >= 0.3 is 12.2 Å². The van der Waals surface area contributed by atoms with E-state index >= 15 is 0 Å². The Morgan fingerprint density at radius 2 is 1.19 bits per heavy atom. The van der Waals surface area contributed by atoms with Crippen molar-refractivity contribution in [2.75, 3.05) is 76.3 Å². The Balaban J connectivity index is 0.000000224. The van der Waals surface area contributed by atoms with Crippen LogP contribution in [0.15, 0.2) is 54.6 Å². The van der Waals surface area contributed by atoms with E-state index in [-0.39, 0.29) is 78.5 Å². The van der Waals surface area contributed by atoms with Crippen LogP contribution in [0.1, 0.15) is 5.56 Å². The molecular formula is C30H32F4N4O8S2. The molecule has 3 aromatic carbocycles. The number of anilines is 4. The number of benzene rings is 3. The number of nitrogens with one attached hydrogen (secondary N) is 1. The Hall–Kier alpha value is -4.58. The third kappa shape index (κ3) is 9.27. The number of carboxylic acid groups (broad SMARTS) is 1. The topological polar surface area (TPSA) is 154 Å². The van der Waals surface area contributed by atoms with E-state index in [1.165, 1.54) is 9.80 Å². The summed E-state index contributed by atoms with van der Waals surface area (Å²) in [6, 6.07) is 12.5. The zero-order valence-corrected chi connectivity index (χ0v) is 27.2. The molecule has 12 nitrogen and oxygen atoms in total. The Kier molecular flexibility index (Phi) is 11.4. The van der Waals surface area contributed by atoms with Crippen molar-refractivity contribution < 1.29 is 53.8 Å². The van der Waals surface area contributed by atoms with Crippen LogP contribution in [-0.4, -0.2) is 90.4 Å². The van der Waals surface area contributed by atoms with Gasteiger partial charge in [-0.05, 0) is 17.7 Å². The van der Waals surface area contributed by atoms with Gasteiger partial charge in [-0.3, -0.25) is 10.2 Å². The van der Waals surface area contributed by atoms with Gasteiger partial charge in [0.2, 0.25) is 0 Å². The zero-order valence-electron chi connectivity index (χ0n) is 25.5. The van der Waals surface area contributed by atoms with E-state index in [1.807, 2.05) is 0 Å². The highest BCUT2D eigenvalue weighted by Gasteiger charge is 2.28. The summed E-state index contributed by atoms with van der Waals surface area (Å²) >= 11 is 0. The monoisotopic (exact) mass is 716 g/mol. The second kappa shape index (κ2) is 15.1. The molecule has 0 aliphatic carbocycles. The van der Waals surface area contributed by atoms with E-state index in [4.69, 9.17) is 0 Å². The van der Waals surface area contributed by atoms with E-state index in [2.05, 4.69) is 10.1 Å². The van der Waals surface area contributed by atoms with Gasteiger partial charge in [-0.25, -0.2) is 44.0 Å². The molecule has 2 amide bonds. The lowest BCUT2D eigenvalue weighted by Gasteiger charge is -2.30. The van der Waals surface area contributed by atoms with Crippen molar-refractivity contribution in [2.45, 2.75) is 6.54 Å². The molecule has 2 aliphatic heterocycles. The lowest BCUT2D eigenvalue weighted by molar-refractivity contribution is 0.187. The average Bonchev–Trinajstić information content (AvgIpc) is 3.01. The molecule has 0 radical (unpaired) electrons. The summed E-state index contributed by atoms with van der Waals surface area (Å²) in [5.41, 5.74) is -0.162. The molecule has 0 bridgehead atoms. The molecule has 0 unspecified atom stereocenters. The second-order valence-corrected chi connectivity index (χ2v) is 15.4. The van der Waals surface area contributed by atoms with Crippen molar-refractivity contribution in [3.63, 3.8) is 0 Å². The Morgan fingerprint density at radius 1 is 0.771 bits per heavy atom. The molecule has 0 spiro atoms. The van der Waals surface area contributed by atoms with Gasteiger partial charge in [-0.15, -0.1) is 0 Å². The third-order valence-corrected chi connectivity index (χ3v) is 10.7. The fourth-order valence-corrected chi connectivity index (χ4v) is 7.43. The number of carbonyl (C=O) groups excluding carboxylic acids is 1. The van der Waals surface area contributed by atoms with E-state index in [0.29, 0.717) is 5.56 Å². The second-order valence-electron chi connectivity index (χ2n) is 10.8. The van der Waals surface area contributed by atoms with Crippen LogP contribution < -0.4 is 20.0 Å². The fourth-order valence-electron chi connectivity index (χ4n) is 5.03. The molecule has 2 saturated heterocycles. The third-order valence-electron chi connectivity index (χ3n) is 7.50. The normalized spacial score (nSPS) is 16.7. The molecule has 48 heavy (non-hydrogen) atoms. The van der Waals surface area contributed by atoms with Crippen molar-refractivity contribution in [3.8, 4) is 0 Å². The van der Waals surface area contributed by atoms with E-state index < -0.39 is 55.1 Å². The molecule has 5 rings (SSSR count). The number of halogens is 4. The van der Waals surface area contributed by atoms with Gasteiger partial charge in [0, 0.05) is 44.0 Å². The molecule has 260 valence electrons. The number of hydrogen-bond acceptors (Lipinski definition) is 9. The summed E-state index contributed by atoms with van der Waals surface area (Å²) in [6.45, 7) is -0.0272. The number of nitrogens with zero attached hydrogens (tertiary/aromatic N) is 3. The largest absolute Gasteiger partial charge is 0.465 e. The zero-order chi connectivity index (χ0) is 35.2. The molecule has 2 fully saturated rings. The first-order chi connectivity index (χ1) is 22.6. The number of carbonyl (C=O) groups is 2. The van der Waals surface area contributed by atoms with Crippen LogP contribution >= 0.6 is 0 Å². The van der Waals surface area contributed by atoms with Gasteiger partial charge in [0.25, 0.3) is 0 Å². The molecule has 2 N–H and O–H groups in total. The predicted molar refractivity (Wildman–Crippen MR) is 171 cm³/mol. The molecular weight excluding hydrogens is 684 g/mol. The molecule has 2 heterocycles. The van der Waals surface area contributed by atoms with Gasteiger partial charge in [-0.2, -0.15) is 0 Å². The maximum atomic E-state index is 14.6. The summed E-state index contributed by atoms with van der Waals surface area (Å²) in [5.74, 6) is -4.25. The highest BCUT2D eigenvalue weighted by Crippen LogP contribution is 2.31. The number of methoxy groups -OCH3 is 1. The number of rotatable bonds is 6. The Bertz CT molecular complexity index is 1810. The van der Waals surface area contributed by atoms with Crippen LogP contribution in [0.2, 0.25) is 0 Å². The van der Waals surface area contributed by atoms with Gasteiger partial charge < -0.3 is 19.6 Å².